The van der Waals surface area contributed by atoms with Gasteiger partial charge in [0.2, 0.25) is 5.43 Å². The highest BCUT2D eigenvalue weighted by Crippen LogP contribution is 2.10. The van der Waals surface area contributed by atoms with E-state index in [0.717, 1.165) is 0 Å². The number of hydrogen-bond donors (Lipinski definition) is 0. The number of halogens is 1. The largest absolute Gasteiger partial charge is 0.463 e. The molecule has 0 unspecified atom stereocenters. The first kappa shape index (κ1) is 7.79. The molecular formula is C9H5IO2. The van der Waals surface area contributed by atoms with Crippen molar-refractivity contribution in [1.29, 1.82) is 0 Å². The van der Waals surface area contributed by atoms with Crippen molar-refractivity contribution in [3.63, 3.8) is 0 Å². The van der Waals surface area contributed by atoms with Gasteiger partial charge in [-0.3, -0.25) is 4.79 Å². The van der Waals surface area contributed by atoms with Crippen molar-refractivity contribution < 1.29 is 4.42 Å². The van der Waals surface area contributed by atoms with Gasteiger partial charge in [0.25, 0.3) is 0 Å². The maximum absolute atomic E-state index is 11.5. The third-order valence-corrected chi connectivity index (χ3v) is 2.38. The van der Waals surface area contributed by atoms with Crippen molar-refractivity contribution in [2.75, 3.05) is 0 Å². The van der Waals surface area contributed by atoms with Crippen LogP contribution in [0.3, 0.4) is 0 Å². The van der Waals surface area contributed by atoms with Crippen LogP contribution in [0.15, 0.2) is 39.7 Å². The van der Waals surface area contributed by atoms with Crippen LogP contribution < -0.4 is 5.43 Å². The highest BCUT2D eigenvalue weighted by atomic mass is 127. The molecule has 0 atom stereocenters. The second kappa shape index (κ2) is 2.90. The van der Waals surface area contributed by atoms with Crippen LogP contribution in [0.4, 0.5) is 0 Å². The van der Waals surface area contributed by atoms with Crippen LogP contribution in [-0.4, -0.2) is 0 Å². The molecule has 0 saturated heterocycles. The minimum atomic E-state index is 0.0393. The molecule has 0 aliphatic carbocycles. The number of benzene rings is 1. The molecule has 0 aliphatic heterocycles. The summed E-state index contributed by atoms with van der Waals surface area (Å²) in [6.45, 7) is 0. The molecule has 1 aromatic heterocycles. The second-order valence-electron chi connectivity index (χ2n) is 2.41. The molecule has 0 radical (unpaired) electrons. The van der Waals surface area contributed by atoms with E-state index in [-0.39, 0.29) is 5.43 Å². The van der Waals surface area contributed by atoms with Gasteiger partial charge >= 0.3 is 0 Å². The van der Waals surface area contributed by atoms with Gasteiger partial charge in [0, 0.05) is 0 Å². The fourth-order valence-corrected chi connectivity index (χ4v) is 1.47. The zero-order valence-corrected chi connectivity index (χ0v) is 8.24. The van der Waals surface area contributed by atoms with Gasteiger partial charge < -0.3 is 4.42 Å². The highest BCUT2D eigenvalue weighted by molar-refractivity contribution is 14.1. The summed E-state index contributed by atoms with van der Waals surface area (Å²) in [5.74, 6) is 0. The summed E-state index contributed by atoms with van der Waals surface area (Å²) >= 11 is 1.97. The first-order chi connectivity index (χ1) is 5.79. The summed E-state index contributed by atoms with van der Waals surface area (Å²) in [6, 6.07) is 7.23. The lowest BCUT2D eigenvalue weighted by molar-refractivity contribution is 0.598. The zero-order valence-electron chi connectivity index (χ0n) is 6.08. The summed E-state index contributed by atoms with van der Waals surface area (Å²) in [4.78, 5) is 11.5. The Balaban J connectivity index is 3.01. The van der Waals surface area contributed by atoms with E-state index in [1.807, 2.05) is 34.7 Å². The Hall–Kier alpha value is -0.840. The van der Waals surface area contributed by atoms with Crippen molar-refractivity contribution in [2.45, 2.75) is 0 Å². The minimum absolute atomic E-state index is 0.0393. The first-order valence-corrected chi connectivity index (χ1v) is 4.53. The van der Waals surface area contributed by atoms with Gasteiger partial charge in [-0.2, -0.15) is 0 Å². The van der Waals surface area contributed by atoms with Crippen LogP contribution in [0.2, 0.25) is 0 Å². The monoisotopic (exact) mass is 272 g/mol. The Morgan fingerprint density at radius 2 is 2.00 bits per heavy atom. The third kappa shape index (κ3) is 1.14. The molecule has 0 bridgehead atoms. The van der Waals surface area contributed by atoms with E-state index in [1.54, 1.807) is 12.1 Å². The van der Waals surface area contributed by atoms with Crippen molar-refractivity contribution in [1.82, 2.24) is 0 Å². The van der Waals surface area contributed by atoms with Gasteiger partial charge in [-0.05, 0) is 34.7 Å². The normalized spacial score (nSPS) is 10.4. The Morgan fingerprint density at radius 3 is 2.83 bits per heavy atom. The molecule has 0 spiro atoms. The molecular weight excluding hydrogens is 267 g/mol. The lowest BCUT2D eigenvalue weighted by Gasteiger charge is -1.94. The zero-order chi connectivity index (χ0) is 8.55. The molecule has 0 N–H and O–H groups in total. The van der Waals surface area contributed by atoms with Crippen molar-refractivity contribution in [3.8, 4) is 0 Å². The molecule has 1 heterocycles. The van der Waals surface area contributed by atoms with Gasteiger partial charge in [-0.15, -0.1) is 0 Å². The van der Waals surface area contributed by atoms with Gasteiger partial charge in [0.15, 0.2) is 0 Å². The molecule has 0 saturated carbocycles. The maximum Gasteiger partial charge on any atom is 0.205 e. The fraction of sp³-hybridized carbons (Fsp3) is 0. The molecule has 60 valence electrons. The van der Waals surface area contributed by atoms with Crippen molar-refractivity contribution in [2.24, 2.45) is 0 Å². The quantitative estimate of drug-likeness (QED) is 0.689. The number of fused-ring (bicyclic) bond motifs is 1. The smallest absolute Gasteiger partial charge is 0.205 e. The third-order valence-electron chi connectivity index (χ3n) is 1.64. The van der Waals surface area contributed by atoms with E-state index in [1.165, 1.54) is 6.26 Å². The van der Waals surface area contributed by atoms with E-state index in [4.69, 9.17) is 4.42 Å². The van der Waals surface area contributed by atoms with Crippen LogP contribution >= 0.6 is 22.6 Å². The molecule has 0 fully saturated rings. The van der Waals surface area contributed by atoms with Crippen LogP contribution in [-0.2, 0) is 0 Å². The van der Waals surface area contributed by atoms with Crippen LogP contribution in [0.25, 0.3) is 11.0 Å². The fourth-order valence-electron chi connectivity index (χ4n) is 1.05. The number of para-hydroxylation sites is 1. The lowest BCUT2D eigenvalue weighted by atomic mass is 10.2. The SMILES string of the molecule is O=c1c(I)coc2ccccc12. The molecule has 2 nitrogen and oxygen atoms in total. The van der Waals surface area contributed by atoms with Crippen LogP contribution in [0, 0.1) is 3.57 Å². The molecule has 1 aromatic carbocycles. The second-order valence-corrected chi connectivity index (χ2v) is 3.57. The van der Waals surface area contributed by atoms with Gasteiger partial charge in [0.05, 0.1) is 8.96 Å². The van der Waals surface area contributed by atoms with E-state index in [0.29, 0.717) is 14.5 Å². The average Bonchev–Trinajstić information content (AvgIpc) is 2.12. The average molecular weight is 272 g/mol. The van der Waals surface area contributed by atoms with Gasteiger partial charge in [-0.1, -0.05) is 12.1 Å². The molecule has 0 aliphatic rings. The van der Waals surface area contributed by atoms with Crippen LogP contribution in [0.1, 0.15) is 0 Å². The highest BCUT2D eigenvalue weighted by Gasteiger charge is 2.01. The van der Waals surface area contributed by atoms with Gasteiger partial charge in [-0.25, -0.2) is 0 Å². The van der Waals surface area contributed by atoms with E-state index >= 15 is 0 Å². The summed E-state index contributed by atoms with van der Waals surface area (Å²) in [6.07, 6.45) is 1.48. The Bertz CT molecular complexity index is 473. The molecule has 3 heteroatoms. The Kier molecular flexibility index (Phi) is 1.88. The number of hydrogen-bond acceptors (Lipinski definition) is 2. The van der Waals surface area contributed by atoms with Crippen molar-refractivity contribution >= 4 is 33.6 Å². The summed E-state index contributed by atoms with van der Waals surface area (Å²) in [7, 11) is 0. The Labute approximate surface area is 82.3 Å². The Morgan fingerprint density at radius 1 is 1.25 bits per heavy atom. The topological polar surface area (TPSA) is 30.2 Å². The molecule has 0 amide bonds. The lowest BCUT2D eigenvalue weighted by Crippen LogP contribution is -2.03. The van der Waals surface area contributed by atoms with E-state index in [9.17, 15) is 4.79 Å². The maximum atomic E-state index is 11.5. The van der Waals surface area contributed by atoms with Gasteiger partial charge in [0.1, 0.15) is 11.8 Å². The van der Waals surface area contributed by atoms with Crippen LogP contribution in [0.5, 0.6) is 0 Å². The summed E-state index contributed by atoms with van der Waals surface area (Å²) in [5.41, 5.74) is 0.681. The van der Waals surface area contributed by atoms with Crippen molar-refractivity contribution in [3.05, 3.63) is 44.3 Å². The number of rotatable bonds is 0. The molecule has 2 rings (SSSR count). The first-order valence-electron chi connectivity index (χ1n) is 3.45. The predicted molar refractivity (Wildman–Crippen MR) is 55.2 cm³/mol. The molecule has 12 heavy (non-hydrogen) atoms. The van der Waals surface area contributed by atoms with E-state index in [2.05, 4.69) is 0 Å². The minimum Gasteiger partial charge on any atom is -0.463 e. The van der Waals surface area contributed by atoms with E-state index < -0.39 is 0 Å². The standard InChI is InChI=1S/C9H5IO2/c10-7-5-12-8-4-2-1-3-6(8)9(7)11/h1-5H. The molecule has 2 aromatic rings. The summed E-state index contributed by atoms with van der Waals surface area (Å²) in [5, 5.41) is 0.643. The predicted octanol–water partition coefficient (Wildman–Crippen LogP) is 2.40. The summed E-state index contributed by atoms with van der Waals surface area (Å²) < 4.78 is 5.83.